The first-order valence-corrected chi connectivity index (χ1v) is 6.09. The Morgan fingerprint density at radius 1 is 1.22 bits per heavy atom. The van der Waals surface area contributed by atoms with Gasteiger partial charge in [0.2, 0.25) is 0 Å². The fourth-order valence-corrected chi connectivity index (χ4v) is 1.02. The summed E-state index contributed by atoms with van der Waals surface area (Å²) in [6, 6.07) is 10.2. The van der Waals surface area contributed by atoms with Crippen molar-refractivity contribution in [2.45, 2.75) is 33.4 Å². The van der Waals surface area contributed by atoms with E-state index in [2.05, 4.69) is 17.4 Å². The fourth-order valence-electron chi connectivity index (χ4n) is 1.02. The quantitative estimate of drug-likeness (QED) is 0.749. The molecule has 0 bridgehead atoms. The van der Waals surface area contributed by atoms with E-state index in [9.17, 15) is 4.79 Å². The second kappa shape index (κ2) is 9.62. The molecule has 0 saturated carbocycles. The molecule has 0 fully saturated rings. The molecule has 3 N–H and O–H groups in total. The molecule has 0 spiro atoms. The zero-order chi connectivity index (χ0) is 14.0. The van der Waals surface area contributed by atoms with Crippen LogP contribution in [0.3, 0.4) is 0 Å². The lowest BCUT2D eigenvalue weighted by atomic mass is 10.2. The molecule has 0 aliphatic rings. The number of aliphatic hydroxyl groups excluding tert-OH is 1. The van der Waals surface area contributed by atoms with Crippen LogP contribution in [0.25, 0.3) is 0 Å². The topological polar surface area (TPSA) is 69.6 Å². The summed E-state index contributed by atoms with van der Waals surface area (Å²) in [5.74, 6) is -0.972. The predicted octanol–water partition coefficient (Wildman–Crippen LogP) is 1.88. The van der Waals surface area contributed by atoms with Crippen molar-refractivity contribution in [3.05, 3.63) is 35.9 Å². The number of nitrogens with one attached hydrogen (secondary N) is 1. The second-order valence-electron chi connectivity index (χ2n) is 4.46. The summed E-state index contributed by atoms with van der Waals surface area (Å²) in [5, 5.41) is 20.1. The highest BCUT2D eigenvalue weighted by atomic mass is 16.4. The van der Waals surface area contributed by atoms with Crippen LogP contribution >= 0.6 is 0 Å². The molecular formula is C14H23NO3. The minimum absolute atomic E-state index is 0.231. The maximum atomic E-state index is 9.70. The van der Waals surface area contributed by atoms with Gasteiger partial charge in [-0.3, -0.25) is 4.79 Å². The van der Waals surface area contributed by atoms with Gasteiger partial charge in [-0.1, -0.05) is 44.2 Å². The second-order valence-corrected chi connectivity index (χ2v) is 4.46. The van der Waals surface area contributed by atoms with E-state index in [-0.39, 0.29) is 12.0 Å². The smallest absolute Gasteiger partial charge is 0.305 e. The van der Waals surface area contributed by atoms with Crippen molar-refractivity contribution in [1.29, 1.82) is 0 Å². The van der Waals surface area contributed by atoms with Crippen LogP contribution in [0.1, 0.15) is 26.3 Å². The van der Waals surface area contributed by atoms with Crippen molar-refractivity contribution in [3.8, 4) is 0 Å². The lowest BCUT2D eigenvalue weighted by Crippen LogP contribution is -2.23. The third-order valence-electron chi connectivity index (χ3n) is 2.11. The molecule has 1 unspecified atom stereocenters. The largest absolute Gasteiger partial charge is 0.481 e. The van der Waals surface area contributed by atoms with Crippen LogP contribution in [-0.2, 0) is 11.3 Å². The van der Waals surface area contributed by atoms with E-state index in [0.29, 0.717) is 6.54 Å². The minimum atomic E-state index is -0.741. The molecule has 1 aromatic carbocycles. The van der Waals surface area contributed by atoms with Gasteiger partial charge in [-0.15, -0.1) is 0 Å². The summed E-state index contributed by atoms with van der Waals surface area (Å²) in [4.78, 5) is 9.70. The first-order valence-electron chi connectivity index (χ1n) is 6.09. The number of aliphatic carboxylic acids is 1. The lowest BCUT2D eigenvalue weighted by Gasteiger charge is -2.06. The van der Waals surface area contributed by atoms with Gasteiger partial charge in [0.25, 0.3) is 0 Å². The lowest BCUT2D eigenvalue weighted by molar-refractivity contribution is -0.140. The standard InChI is InChI=1S/C10H15NO.C4H8O2/c1-9(12)7-11-8-10-5-3-2-4-6-10;1-3(2)4(5)6/h2-6,9,11-12H,7-8H2,1H3;3H,1-2H3,(H,5,6). The van der Waals surface area contributed by atoms with E-state index < -0.39 is 5.97 Å². The van der Waals surface area contributed by atoms with Crippen molar-refractivity contribution < 1.29 is 15.0 Å². The van der Waals surface area contributed by atoms with E-state index in [4.69, 9.17) is 10.2 Å². The Morgan fingerprint density at radius 3 is 2.11 bits per heavy atom. The van der Waals surface area contributed by atoms with E-state index in [0.717, 1.165) is 6.54 Å². The Bertz CT molecular complexity index is 323. The molecule has 4 heteroatoms. The van der Waals surface area contributed by atoms with Crippen LogP contribution in [0.15, 0.2) is 30.3 Å². The molecule has 0 aliphatic heterocycles. The molecule has 1 atom stereocenters. The number of carboxylic acid groups (broad SMARTS) is 1. The molecule has 0 saturated heterocycles. The minimum Gasteiger partial charge on any atom is -0.481 e. The van der Waals surface area contributed by atoms with Crippen molar-refractivity contribution in [3.63, 3.8) is 0 Å². The monoisotopic (exact) mass is 253 g/mol. The highest BCUT2D eigenvalue weighted by Gasteiger charge is 1.99. The molecule has 0 aliphatic carbocycles. The Kier molecular flexibility index (Phi) is 8.88. The fraction of sp³-hybridized carbons (Fsp3) is 0.500. The number of carbonyl (C=O) groups is 1. The van der Waals surface area contributed by atoms with Gasteiger partial charge in [0.1, 0.15) is 0 Å². The summed E-state index contributed by atoms with van der Waals surface area (Å²) in [6.45, 7) is 6.53. The molecule has 0 radical (unpaired) electrons. The molecule has 0 amide bonds. The number of carboxylic acids is 1. The van der Waals surface area contributed by atoms with Crippen molar-refractivity contribution in [2.24, 2.45) is 5.92 Å². The summed E-state index contributed by atoms with van der Waals surface area (Å²) < 4.78 is 0. The van der Waals surface area contributed by atoms with Crippen LogP contribution in [0.4, 0.5) is 0 Å². The average molecular weight is 253 g/mol. The van der Waals surface area contributed by atoms with Gasteiger partial charge in [-0.2, -0.15) is 0 Å². The molecule has 1 rings (SSSR count). The average Bonchev–Trinajstić information content (AvgIpc) is 2.30. The van der Waals surface area contributed by atoms with Gasteiger partial charge in [0.15, 0.2) is 0 Å². The van der Waals surface area contributed by atoms with Gasteiger partial charge in [0.05, 0.1) is 12.0 Å². The van der Waals surface area contributed by atoms with Crippen molar-refractivity contribution in [2.75, 3.05) is 6.54 Å². The van der Waals surface area contributed by atoms with Gasteiger partial charge in [-0.05, 0) is 12.5 Å². The normalized spacial score (nSPS) is 11.6. The zero-order valence-electron chi connectivity index (χ0n) is 11.3. The Morgan fingerprint density at radius 2 is 1.72 bits per heavy atom. The van der Waals surface area contributed by atoms with Crippen molar-refractivity contribution >= 4 is 5.97 Å². The van der Waals surface area contributed by atoms with Crippen LogP contribution < -0.4 is 5.32 Å². The van der Waals surface area contributed by atoms with Crippen LogP contribution in [-0.4, -0.2) is 28.8 Å². The first kappa shape index (κ1) is 16.6. The number of hydrogen-bond acceptors (Lipinski definition) is 3. The number of aliphatic hydroxyl groups is 1. The molecular weight excluding hydrogens is 230 g/mol. The van der Waals surface area contributed by atoms with E-state index >= 15 is 0 Å². The molecule has 0 aromatic heterocycles. The number of rotatable bonds is 5. The highest BCUT2D eigenvalue weighted by molar-refractivity contribution is 5.68. The third-order valence-corrected chi connectivity index (χ3v) is 2.11. The summed E-state index contributed by atoms with van der Waals surface area (Å²) >= 11 is 0. The highest BCUT2D eigenvalue weighted by Crippen LogP contribution is 1.96. The SMILES string of the molecule is CC(C)C(=O)O.CC(O)CNCc1ccccc1. The Balaban J connectivity index is 0.000000411. The van der Waals surface area contributed by atoms with E-state index in [1.54, 1.807) is 20.8 Å². The Labute approximate surface area is 109 Å². The summed E-state index contributed by atoms with van der Waals surface area (Å²) in [7, 11) is 0. The van der Waals surface area contributed by atoms with Crippen LogP contribution in [0.5, 0.6) is 0 Å². The molecule has 18 heavy (non-hydrogen) atoms. The molecule has 102 valence electrons. The predicted molar refractivity (Wildman–Crippen MR) is 72.3 cm³/mol. The first-order chi connectivity index (χ1) is 8.43. The number of hydrogen-bond donors (Lipinski definition) is 3. The molecule has 0 heterocycles. The Hall–Kier alpha value is -1.39. The van der Waals surface area contributed by atoms with Gasteiger partial charge < -0.3 is 15.5 Å². The van der Waals surface area contributed by atoms with Gasteiger partial charge in [0, 0.05) is 13.1 Å². The van der Waals surface area contributed by atoms with Gasteiger partial charge >= 0.3 is 5.97 Å². The number of benzene rings is 1. The molecule has 4 nitrogen and oxygen atoms in total. The van der Waals surface area contributed by atoms with E-state index in [1.807, 2.05) is 18.2 Å². The van der Waals surface area contributed by atoms with E-state index in [1.165, 1.54) is 5.56 Å². The van der Waals surface area contributed by atoms with Crippen LogP contribution in [0.2, 0.25) is 0 Å². The van der Waals surface area contributed by atoms with Crippen LogP contribution in [0, 0.1) is 5.92 Å². The zero-order valence-corrected chi connectivity index (χ0v) is 11.3. The maximum Gasteiger partial charge on any atom is 0.305 e. The summed E-state index contributed by atoms with van der Waals surface area (Å²) in [5.41, 5.74) is 1.25. The van der Waals surface area contributed by atoms with Gasteiger partial charge in [-0.25, -0.2) is 0 Å². The molecule has 1 aromatic rings. The maximum absolute atomic E-state index is 9.70. The summed E-state index contributed by atoms with van der Waals surface area (Å²) in [6.07, 6.45) is -0.270. The third kappa shape index (κ3) is 9.81. The van der Waals surface area contributed by atoms with Crippen molar-refractivity contribution in [1.82, 2.24) is 5.32 Å².